The first kappa shape index (κ1) is 22.8. The molecule has 4 rings (SSSR count). The molecular weight excluding hydrogens is 416 g/mol. The van der Waals surface area contributed by atoms with Crippen LogP contribution in [0.5, 0.6) is 0 Å². The molecule has 6 heteroatoms. The van der Waals surface area contributed by atoms with Crippen LogP contribution in [0, 0.1) is 0 Å². The second kappa shape index (κ2) is 10.9. The van der Waals surface area contributed by atoms with Crippen molar-refractivity contribution >= 4 is 33.9 Å². The maximum absolute atomic E-state index is 5.89. The van der Waals surface area contributed by atoms with Crippen LogP contribution in [0.15, 0.2) is 54.7 Å². The Kier molecular flexibility index (Phi) is 7.79. The molecular formula is C26H34N4OS. The highest BCUT2D eigenvalue weighted by Crippen LogP contribution is 2.22. The summed E-state index contributed by atoms with van der Waals surface area (Å²) >= 11 is 5.89. The Labute approximate surface area is 197 Å². The zero-order valence-electron chi connectivity index (χ0n) is 19.2. The largest absolute Gasteiger partial charge is 0.379 e. The Bertz CT molecular complexity index is 1020. The molecule has 0 aliphatic carbocycles. The maximum atomic E-state index is 5.89. The Balaban J connectivity index is 1.47. The second-order valence-electron chi connectivity index (χ2n) is 8.49. The summed E-state index contributed by atoms with van der Waals surface area (Å²) in [6.45, 7) is 8.69. The number of aryl methyl sites for hydroxylation is 2. The molecule has 0 unspecified atom stereocenters. The first-order valence-electron chi connectivity index (χ1n) is 11.6. The zero-order valence-corrected chi connectivity index (χ0v) is 20.0. The third kappa shape index (κ3) is 5.68. The van der Waals surface area contributed by atoms with Crippen LogP contribution in [0.3, 0.4) is 0 Å². The van der Waals surface area contributed by atoms with Crippen LogP contribution in [0.4, 0.5) is 5.69 Å². The van der Waals surface area contributed by atoms with Crippen LogP contribution < -0.4 is 5.32 Å². The molecule has 1 saturated heterocycles. The van der Waals surface area contributed by atoms with Gasteiger partial charge in [0.2, 0.25) is 0 Å². The van der Waals surface area contributed by atoms with Crippen LogP contribution in [0.2, 0.25) is 0 Å². The lowest BCUT2D eigenvalue weighted by molar-refractivity contribution is 0.0368. The molecule has 2 aromatic carbocycles. The van der Waals surface area contributed by atoms with Gasteiger partial charge in [0.1, 0.15) is 0 Å². The summed E-state index contributed by atoms with van der Waals surface area (Å²) in [6.07, 6.45) is 4.35. The van der Waals surface area contributed by atoms with Gasteiger partial charge in [-0.2, -0.15) is 0 Å². The van der Waals surface area contributed by atoms with E-state index >= 15 is 0 Å². The molecule has 1 aromatic heterocycles. The summed E-state index contributed by atoms with van der Waals surface area (Å²) in [5.74, 6) is 0. The van der Waals surface area contributed by atoms with Crippen molar-refractivity contribution in [1.82, 2.24) is 14.4 Å². The molecule has 170 valence electrons. The summed E-state index contributed by atoms with van der Waals surface area (Å²) in [4.78, 5) is 4.80. The van der Waals surface area contributed by atoms with Gasteiger partial charge in [0.15, 0.2) is 5.11 Å². The van der Waals surface area contributed by atoms with Gasteiger partial charge < -0.3 is 19.5 Å². The summed E-state index contributed by atoms with van der Waals surface area (Å²) in [6, 6.07) is 17.2. The van der Waals surface area contributed by atoms with Gasteiger partial charge in [-0.25, -0.2) is 0 Å². The van der Waals surface area contributed by atoms with Crippen molar-refractivity contribution in [2.75, 3.05) is 44.7 Å². The van der Waals surface area contributed by atoms with E-state index in [4.69, 9.17) is 17.0 Å². The first-order valence-corrected chi connectivity index (χ1v) is 12.0. The smallest absolute Gasteiger partial charge is 0.173 e. The molecule has 5 nitrogen and oxygen atoms in total. The molecule has 0 amide bonds. The standard InChI is InChI=1S/C26H34N4OS/c1-3-21-9-11-23(12-10-21)27-26(32)30(14-6-13-29-15-17-31-18-16-29)20-22-19-28(2)25-8-5-4-7-24(22)25/h4-5,7-12,19H,3,6,13-18,20H2,1-2H3,(H,27,32). The lowest BCUT2D eigenvalue weighted by atomic mass is 10.1. The molecule has 1 N–H and O–H groups in total. The molecule has 1 fully saturated rings. The van der Waals surface area contributed by atoms with Crippen LogP contribution >= 0.6 is 12.2 Å². The Morgan fingerprint density at radius 3 is 2.59 bits per heavy atom. The Hall–Kier alpha value is -2.41. The van der Waals surface area contributed by atoms with Crippen LogP contribution in [-0.2, 0) is 24.8 Å². The predicted octanol–water partition coefficient (Wildman–Crippen LogP) is 4.66. The number of morpholine rings is 1. The summed E-state index contributed by atoms with van der Waals surface area (Å²) in [5, 5.41) is 5.55. The lowest BCUT2D eigenvalue weighted by Crippen LogP contribution is -2.40. The normalized spacial score (nSPS) is 14.6. The third-order valence-corrected chi connectivity index (χ3v) is 6.61. The van der Waals surface area contributed by atoms with Crippen molar-refractivity contribution in [2.45, 2.75) is 26.3 Å². The number of ether oxygens (including phenoxy) is 1. The molecule has 0 spiro atoms. The third-order valence-electron chi connectivity index (χ3n) is 6.25. The summed E-state index contributed by atoms with van der Waals surface area (Å²) < 4.78 is 7.69. The average Bonchev–Trinajstić information content (AvgIpc) is 3.15. The van der Waals surface area contributed by atoms with Crippen LogP contribution in [0.1, 0.15) is 24.5 Å². The number of rotatable bonds is 8. The van der Waals surface area contributed by atoms with Gasteiger partial charge in [-0.05, 0) is 54.4 Å². The van der Waals surface area contributed by atoms with E-state index in [1.807, 2.05) is 0 Å². The van der Waals surface area contributed by atoms with Crippen molar-refractivity contribution in [2.24, 2.45) is 7.05 Å². The molecule has 0 saturated carbocycles. The van der Waals surface area contributed by atoms with Gasteiger partial charge in [0, 0.05) is 62.6 Å². The Morgan fingerprint density at radius 2 is 1.84 bits per heavy atom. The van der Waals surface area contributed by atoms with E-state index in [1.165, 1.54) is 22.0 Å². The number of hydrogen-bond acceptors (Lipinski definition) is 3. The topological polar surface area (TPSA) is 32.7 Å². The monoisotopic (exact) mass is 450 g/mol. The van der Waals surface area contributed by atoms with Crippen molar-refractivity contribution in [3.63, 3.8) is 0 Å². The Morgan fingerprint density at radius 1 is 1.09 bits per heavy atom. The number of hydrogen-bond donors (Lipinski definition) is 1. The molecule has 1 aliphatic heterocycles. The van der Waals surface area contributed by atoms with E-state index < -0.39 is 0 Å². The first-order chi connectivity index (χ1) is 15.6. The fraction of sp³-hybridized carbons (Fsp3) is 0.423. The molecule has 0 atom stereocenters. The predicted molar refractivity (Wildman–Crippen MR) is 137 cm³/mol. The number of thiocarbonyl (C=S) groups is 1. The highest BCUT2D eigenvalue weighted by Gasteiger charge is 2.16. The molecule has 2 heterocycles. The molecule has 32 heavy (non-hydrogen) atoms. The van der Waals surface area contributed by atoms with E-state index in [2.05, 4.69) is 88.4 Å². The molecule has 1 aliphatic rings. The van der Waals surface area contributed by atoms with Gasteiger partial charge in [-0.3, -0.25) is 4.90 Å². The fourth-order valence-corrected chi connectivity index (χ4v) is 4.62. The van der Waals surface area contributed by atoms with Crippen LogP contribution in [-0.4, -0.2) is 58.9 Å². The quantitative estimate of drug-likeness (QED) is 0.505. The SMILES string of the molecule is CCc1ccc(NC(=S)N(CCCN2CCOCC2)Cc2cn(C)c3ccccc23)cc1. The van der Waals surface area contributed by atoms with Crippen molar-refractivity contribution < 1.29 is 4.74 Å². The van der Waals surface area contributed by atoms with Crippen molar-refractivity contribution in [1.29, 1.82) is 0 Å². The molecule has 0 radical (unpaired) electrons. The number of aromatic nitrogens is 1. The van der Waals surface area contributed by atoms with Crippen molar-refractivity contribution in [3.05, 3.63) is 65.9 Å². The van der Waals surface area contributed by atoms with E-state index in [1.54, 1.807) is 0 Å². The highest BCUT2D eigenvalue weighted by molar-refractivity contribution is 7.80. The number of benzene rings is 2. The number of nitrogens with zero attached hydrogens (tertiary/aromatic N) is 3. The van der Waals surface area contributed by atoms with E-state index in [0.29, 0.717) is 0 Å². The minimum atomic E-state index is 0.782. The maximum Gasteiger partial charge on any atom is 0.173 e. The minimum absolute atomic E-state index is 0.782. The molecule has 3 aromatic rings. The van der Waals surface area contributed by atoms with E-state index in [9.17, 15) is 0 Å². The van der Waals surface area contributed by atoms with Gasteiger partial charge in [0.05, 0.1) is 13.2 Å². The fourth-order valence-electron chi connectivity index (χ4n) is 4.35. The van der Waals surface area contributed by atoms with Gasteiger partial charge in [-0.1, -0.05) is 37.3 Å². The number of fused-ring (bicyclic) bond motifs is 1. The highest BCUT2D eigenvalue weighted by atomic mass is 32.1. The van der Waals surface area contributed by atoms with Crippen LogP contribution in [0.25, 0.3) is 10.9 Å². The number of anilines is 1. The van der Waals surface area contributed by atoms with E-state index in [-0.39, 0.29) is 0 Å². The van der Waals surface area contributed by atoms with Crippen molar-refractivity contribution in [3.8, 4) is 0 Å². The summed E-state index contributed by atoms with van der Waals surface area (Å²) in [7, 11) is 2.11. The summed E-state index contributed by atoms with van der Waals surface area (Å²) in [5.41, 5.74) is 4.94. The van der Waals surface area contributed by atoms with E-state index in [0.717, 1.165) is 69.6 Å². The molecule has 0 bridgehead atoms. The second-order valence-corrected chi connectivity index (χ2v) is 8.88. The minimum Gasteiger partial charge on any atom is -0.379 e. The lowest BCUT2D eigenvalue weighted by Gasteiger charge is -2.29. The van der Waals surface area contributed by atoms with Gasteiger partial charge >= 0.3 is 0 Å². The van der Waals surface area contributed by atoms with Gasteiger partial charge in [-0.15, -0.1) is 0 Å². The average molecular weight is 451 g/mol. The number of nitrogens with one attached hydrogen (secondary N) is 1. The van der Waals surface area contributed by atoms with Gasteiger partial charge in [0.25, 0.3) is 0 Å². The number of para-hydroxylation sites is 1. The zero-order chi connectivity index (χ0) is 22.3.